The minimum absolute atomic E-state index is 0.115. The lowest BCUT2D eigenvalue weighted by Gasteiger charge is -2.02. The molecule has 0 saturated heterocycles. The summed E-state index contributed by atoms with van der Waals surface area (Å²) in [6.07, 6.45) is 1.53. The molecule has 0 aromatic carbocycles. The number of furan rings is 1. The van der Waals surface area contributed by atoms with Crippen molar-refractivity contribution in [2.75, 3.05) is 0 Å². The Bertz CT molecular complexity index is 830. The molecule has 0 aliphatic rings. The monoisotopic (exact) mass is 285 g/mol. The van der Waals surface area contributed by atoms with Gasteiger partial charge in [-0.25, -0.2) is 4.68 Å². The van der Waals surface area contributed by atoms with Crippen molar-refractivity contribution in [3.8, 4) is 11.5 Å². The van der Waals surface area contributed by atoms with Crippen molar-refractivity contribution in [2.24, 2.45) is 0 Å². The summed E-state index contributed by atoms with van der Waals surface area (Å²) in [4.78, 5) is 23.0. The van der Waals surface area contributed by atoms with Crippen LogP contribution in [-0.2, 0) is 6.54 Å². The summed E-state index contributed by atoms with van der Waals surface area (Å²) in [5.41, 5.74) is 0.420. The van der Waals surface area contributed by atoms with Gasteiger partial charge in [0.05, 0.1) is 12.8 Å². The Hall–Kier alpha value is -2.96. The van der Waals surface area contributed by atoms with Crippen LogP contribution in [-0.4, -0.2) is 20.7 Å². The number of ketones is 1. The van der Waals surface area contributed by atoms with E-state index in [9.17, 15) is 9.59 Å². The average molecular weight is 285 g/mol. The quantitative estimate of drug-likeness (QED) is 0.678. The molecule has 21 heavy (non-hydrogen) atoms. The maximum Gasteiger partial charge on any atom is 0.267 e. The smallest absolute Gasteiger partial charge is 0.267 e. The molecule has 0 bridgehead atoms. The van der Waals surface area contributed by atoms with Gasteiger partial charge in [-0.15, -0.1) is 0 Å². The largest absolute Gasteiger partial charge is 0.461 e. The van der Waals surface area contributed by atoms with Crippen LogP contribution in [0.2, 0.25) is 0 Å². The Balaban J connectivity index is 1.89. The van der Waals surface area contributed by atoms with Crippen molar-refractivity contribution in [3.05, 3.63) is 58.3 Å². The van der Waals surface area contributed by atoms with Crippen molar-refractivity contribution >= 4 is 5.78 Å². The van der Waals surface area contributed by atoms with Gasteiger partial charge >= 0.3 is 0 Å². The minimum atomic E-state index is -0.317. The summed E-state index contributed by atoms with van der Waals surface area (Å²) in [6, 6.07) is 7.84. The number of rotatable bonds is 4. The molecule has 0 radical (unpaired) electrons. The first-order valence-electron chi connectivity index (χ1n) is 6.22. The molecule has 7 nitrogen and oxygen atoms in total. The van der Waals surface area contributed by atoms with Gasteiger partial charge in [0.1, 0.15) is 11.4 Å². The number of carbonyl (C=O) groups excluding carboxylic acids is 1. The number of hydrogen-bond donors (Lipinski definition) is 0. The van der Waals surface area contributed by atoms with E-state index >= 15 is 0 Å². The number of nitrogens with zero attached hydrogens (tertiary/aromatic N) is 3. The first kappa shape index (κ1) is 13.0. The van der Waals surface area contributed by atoms with Crippen LogP contribution in [0.3, 0.4) is 0 Å². The van der Waals surface area contributed by atoms with E-state index < -0.39 is 0 Å². The van der Waals surface area contributed by atoms with Gasteiger partial charge in [-0.2, -0.15) is 5.10 Å². The van der Waals surface area contributed by atoms with E-state index in [-0.39, 0.29) is 23.6 Å². The van der Waals surface area contributed by atoms with Crippen LogP contribution in [0.4, 0.5) is 0 Å². The third kappa shape index (κ3) is 2.66. The highest BCUT2D eigenvalue weighted by Gasteiger charge is 2.11. The van der Waals surface area contributed by atoms with Gasteiger partial charge < -0.3 is 8.94 Å². The van der Waals surface area contributed by atoms with Crippen molar-refractivity contribution in [1.82, 2.24) is 14.9 Å². The van der Waals surface area contributed by atoms with Crippen molar-refractivity contribution in [1.29, 1.82) is 0 Å². The molecule has 0 aliphatic heterocycles. The molecule has 0 unspecified atom stereocenters. The van der Waals surface area contributed by atoms with Crippen molar-refractivity contribution in [3.63, 3.8) is 0 Å². The fourth-order valence-electron chi connectivity index (χ4n) is 1.82. The standard InChI is InChI=1S/C14H11N3O4/c1-9(18)11-4-5-14(19)17(15-11)8-10-7-13(21-16-10)12-3-2-6-20-12/h2-7H,8H2,1H3. The second-order valence-electron chi connectivity index (χ2n) is 4.43. The van der Waals surface area contributed by atoms with Crippen LogP contribution >= 0.6 is 0 Å². The van der Waals surface area contributed by atoms with Crippen molar-refractivity contribution in [2.45, 2.75) is 13.5 Å². The van der Waals surface area contributed by atoms with Crippen LogP contribution < -0.4 is 5.56 Å². The van der Waals surface area contributed by atoms with Gasteiger partial charge in [-0.05, 0) is 18.2 Å². The molecule has 0 aliphatic carbocycles. The van der Waals surface area contributed by atoms with Gasteiger partial charge in [0, 0.05) is 19.1 Å². The number of Topliss-reactive ketones (excluding diaryl/α,β-unsaturated/α-hetero) is 1. The van der Waals surface area contributed by atoms with E-state index in [0.29, 0.717) is 17.2 Å². The fourth-order valence-corrected chi connectivity index (χ4v) is 1.82. The second kappa shape index (κ2) is 5.20. The maximum atomic E-state index is 11.7. The molecular weight excluding hydrogens is 274 g/mol. The van der Waals surface area contributed by atoms with Crippen LogP contribution in [0.15, 0.2) is 50.3 Å². The molecule has 0 saturated carbocycles. The number of aromatic nitrogens is 3. The molecule has 3 aromatic rings. The van der Waals surface area contributed by atoms with Gasteiger partial charge in [0.15, 0.2) is 11.5 Å². The van der Waals surface area contributed by atoms with Crippen LogP contribution in [0, 0.1) is 0 Å². The highest BCUT2D eigenvalue weighted by Crippen LogP contribution is 2.20. The summed E-state index contributed by atoms with van der Waals surface area (Å²) < 4.78 is 11.5. The van der Waals surface area contributed by atoms with Gasteiger partial charge in [0.2, 0.25) is 5.76 Å². The zero-order valence-corrected chi connectivity index (χ0v) is 11.1. The lowest BCUT2D eigenvalue weighted by atomic mass is 10.3. The first-order chi connectivity index (χ1) is 10.1. The van der Waals surface area contributed by atoms with Gasteiger partial charge in [-0.1, -0.05) is 5.16 Å². The lowest BCUT2D eigenvalue weighted by Crippen LogP contribution is -2.24. The number of carbonyl (C=O) groups is 1. The third-order valence-corrected chi connectivity index (χ3v) is 2.86. The van der Waals surface area contributed by atoms with Crippen LogP contribution in [0.5, 0.6) is 0 Å². The van der Waals surface area contributed by atoms with E-state index in [1.165, 1.54) is 30.0 Å². The normalized spacial score (nSPS) is 10.7. The Kier molecular flexibility index (Phi) is 3.23. The molecule has 0 fully saturated rings. The minimum Gasteiger partial charge on any atom is -0.461 e. The lowest BCUT2D eigenvalue weighted by molar-refractivity contribution is 0.101. The third-order valence-electron chi connectivity index (χ3n) is 2.86. The Labute approximate surface area is 118 Å². The molecule has 3 rings (SSSR count). The van der Waals surface area contributed by atoms with E-state index in [4.69, 9.17) is 8.94 Å². The Morgan fingerprint density at radius 1 is 1.29 bits per heavy atom. The summed E-state index contributed by atoms with van der Waals surface area (Å²) in [5.74, 6) is 0.803. The van der Waals surface area contributed by atoms with Crippen LogP contribution in [0.1, 0.15) is 23.1 Å². The highest BCUT2D eigenvalue weighted by atomic mass is 16.5. The van der Waals surface area contributed by atoms with E-state index in [1.54, 1.807) is 18.2 Å². The average Bonchev–Trinajstić information content (AvgIpc) is 3.11. The predicted octanol–water partition coefficient (Wildman–Crippen LogP) is 1.74. The van der Waals surface area contributed by atoms with Crippen molar-refractivity contribution < 1.29 is 13.7 Å². The summed E-state index contributed by atoms with van der Waals surface area (Å²) >= 11 is 0. The van der Waals surface area contributed by atoms with E-state index in [1.807, 2.05) is 0 Å². The molecule has 0 spiro atoms. The zero-order chi connectivity index (χ0) is 14.8. The summed E-state index contributed by atoms with van der Waals surface area (Å²) in [6.45, 7) is 1.51. The molecule has 0 N–H and O–H groups in total. The number of hydrogen-bond acceptors (Lipinski definition) is 6. The molecule has 3 heterocycles. The molecule has 7 heteroatoms. The fraction of sp³-hybridized carbons (Fsp3) is 0.143. The predicted molar refractivity (Wildman–Crippen MR) is 71.8 cm³/mol. The summed E-state index contributed by atoms with van der Waals surface area (Å²) in [5, 5.41) is 7.85. The maximum absolute atomic E-state index is 11.7. The van der Waals surface area contributed by atoms with Crippen LogP contribution in [0.25, 0.3) is 11.5 Å². The van der Waals surface area contributed by atoms with Gasteiger partial charge in [0.25, 0.3) is 5.56 Å². The van der Waals surface area contributed by atoms with Gasteiger partial charge in [-0.3, -0.25) is 9.59 Å². The molecular formula is C14H11N3O4. The zero-order valence-electron chi connectivity index (χ0n) is 11.1. The van der Waals surface area contributed by atoms with E-state index in [0.717, 1.165) is 0 Å². The molecule has 0 amide bonds. The summed E-state index contributed by atoms with van der Waals surface area (Å²) in [7, 11) is 0. The SMILES string of the molecule is CC(=O)c1ccc(=O)n(Cc2cc(-c3ccco3)on2)n1. The van der Waals surface area contributed by atoms with E-state index in [2.05, 4.69) is 10.3 Å². The molecule has 3 aromatic heterocycles. The Morgan fingerprint density at radius 2 is 2.14 bits per heavy atom. The topological polar surface area (TPSA) is 91.1 Å². The molecule has 106 valence electrons. The highest BCUT2D eigenvalue weighted by molar-refractivity contribution is 5.91. The molecule has 0 atom stereocenters. The second-order valence-corrected chi connectivity index (χ2v) is 4.43. The Morgan fingerprint density at radius 3 is 2.86 bits per heavy atom. The first-order valence-corrected chi connectivity index (χ1v) is 6.22.